The average Bonchev–Trinajstić information content (AvgIpc) is 2.25. The Kier molecular flexibility index (Phi) is 3.14. The summed E-state index contributed by atoms with van der Waals surface area (Å²) in [6.45, 7) is -0.436. The average molecular weight is 244 g/mol. The van der Waals surface area contributed by atoms with Crippen LogP contribution < -0.4 is 5.32 Å². The number of alkyl halides is 2. The molecule has 3 nitrogen and oxygen atoms in total. The Labute approximate surface area is 95.5 Å². The van der Waals surface area contributed by atoms with Crippen LogP contribution in [0.15, 0.2) is 24.5 Å². The van der Waals surface area contributed by atoms with Crippen LogP contribution in [0.4, 0.5) is 14.6 Å². The zero-order valence-corrected chi connectivity index (χ0v) is 8.88. The van der Waals surface area contributed by atoms with Crippen molar-refractivity contribution in [2.75, 3.05) is 11.9 Å². The lowest BCUT2D eigenvalue weighted by molar-refractivity contribution is 0.163. The molecule has 0 spiro atoms. The minimum atomic E-state index is -2.42. The second kappa shape index (κ2) is 4.57. The number of pyridine rings is 2. The predicted molar refractivity (Wildman–Crippen MR) is 59.0 cm³/mol. The molecule has 0 aliphatic rings. The molecule has 0 aliphatic heterocycles. The predicted octanol–water partition coefficient (Wildman–Crippen LogP) is 2.96. The molecule has 2 rings (SSSR count). The molecular formula is C10H8ClF2N3. The van der Waals surface area contributed by atoms with Crippen LogP contribution in [0.2, 0.25) is 5.15 Å². The second-order valence-corrected chi connectivity index (χ2v) is 3.55. The van der Waals surface area contributed by atoms with Gasteiger partial charge in [-0.1, -0.05) is 11.6 Å². The van der Waals surface area contributed by atoms with E-state index in [-0.39, 0.29) is 0 Å². The highest BCUT2D eigenvalue weighted by atomic mass is 35.5. The van der Waals surface area contributed by atoms with E-state index in [1.807, 2.05) is 0 Å². The first-order valence-corrected chi connectivity index (χ1v) is 4.97. The van der Waals surface area contributed by atoms with E-state index in [1.165, 1.54) is 12.4 Å². The molecule has 84 valence electrons. The fraction of sp³-hybridized carbons (Fsp3) is 0.200. The molecule has 0 unspecified atom stereocenters. The quantitative estimate of drug-likeness (QED) is 0.843. The highest BCUT2D eigenvalue weighted by Crippen LogP contribution is 2.22. The Morgan fingerprint density at radius 1 is 1.38 bits per heavy atom. The lowest BCUT2D eigenvalue weighted by Gasteiger charge is -2.07. The summed E-state index contributed by atoms with van der Waals surface area (Å²) >= 11 is 5.73. The molecule has 0 amide bonds. The Morgan fingerprint density at radius 3 is 2.94 bits per heavy atom. The van der Waals surface area contributed by atoms with Gasteiger partial charge in [0.1, 0.15) is 11.0 Å². The Balaban J connectivity index is 2.38. The van der Waals surface area contributed by atoms with Gasteiger partial charge in [-0.05, 0) is 17.5 Å². The summed E-state index contributed by atoms with van der Waals surface area (Å²) in [5.74, 6) is 0.391. The Hall–Kier alpha value is -1.49. The summed E-state index contributed by atoms with van der Waals surface area (Å²) in [7, 11) is 0. The normalized spacial score (nSPS) is 11.0. The molecule has 0 saturated carbocycles. The molecule has 0 aliphatic carbocycles. The molecule has 0 atom stereocenters. The maximum absolute atomic E-state index is 12.1. The number of halogens is 3. The summed E-state index contributed by atoms with van der Waals surface area (Å²) in [5, 5.41) is 4.41. The molecule has 0 bridgehead atoms. The smallest absolute Gasteiger partial charge is 0.255 e. The van der Waals surface area contributed by atoms with Crippen LogP contribution in [0.5, 0.6) is 0 Å². The van der Waals surface area contributed by atoms with Gasteiger partial charge in [-0.25, -0.2) is 18.7 Å². The van der Waals surface area contributed by atoms with Gasteiger partial charge in [0.25, 0.3) is 6.43 Å². The first-order chi connectivity index (χ1) is 7.66. The summed E-state index contributed by atoms with van der Waals surface area (Å²) < 4.78 is 24.1. The largest absolute Gasteiger partial charge is 0.364 e. The van der Waals surface area contributed by atoms with E-state index >= 15 is 0 Å². The molecule has 6 heteroatoms. The van der Waals surface area contributed by atoms with Crippen LogP contribution in [-0.4, -0.2) is 22.9 Å². The monoisotopic (exact) mass is 243 g/mol. The Bertz CT molecular complexity index is 504. The van der Waals surface area contributed by atoms with Gasteiger partial charge in [-0.15, -0.1) is 0 Å². The van der Waals surface area contributed by atoms with Crippen LogP contribution in [0, 0.1) is 0 Å². The highest BCUT2D eigenvalue weighted by Gasteiger charge is 2.06. The van der Waals surface area contributed by atoms with Gasteiger partial charge in [0.15, 0.2) is 0 Å². The first-order valence-electron chi connectivity index (χ1n) is 4.59. The van der Waals surface area contributed by atoms with Crippen molar-refractivity contribution in [2.24, 2.45) is 0 Å². The van der Waals surface area contributed by atoms with Crippen LogP contribution in [0.25, 0.3) is 10.8 Å². The lowest BCUT2D eigenvalue weighted by Crippen LogP contribution is -2.11. The molecular weight excluding hydrogens is 236 g/mol. The van der Waals surface area contributed by atoms with E-state index in [1.54, 1.807) is 12.1 Å². The van der Waals surface area contributed by atoms with Gasteiger partial charge >= 0.3 is 0 Å². The zero-order valence-electron chi connectivity index (χ0n) is 8.12. The number of fused-ring (bicyclic) bond motifs is 1. The van der Waals surface area contributed by atoms with Crippen molar-refractivity contribution in [3.05, 3.63) is 29.7 Å². The van der Waals surface area contributed by atoms with Crippen molar-refractivity contribution in [3.8, 4) is 0 Å². The number of nitrogens with zero attached hydrogens (tertiary/aromatic N) is 2. The molecule has 0 saturated heterocycles. The number of aromatic nitrogens is 2. The summed E-state index contributed by atoms with van der Waals surface area (Å²) in [4.78, 5) is 7.87. The minimum Gasteiger partial charge on any atom is -0.364 e. The van der Waals surface area contributed by atoms with E-state index in [0.717, 1.165) is 5.39 Å². The molecule has 2 heterocycles. The SMILES string of the molecule is FC(F)CNc1nccc2cc(Cl)ncc12. The van der Waals surface area contributed by atoms with Crippen LogP contribution in [-0.2, 0) is 0 Å². The standard InChI is InChI=1S/C10H8ClF2N3/c11-8-3-6-1-2-14-10(7(6)4-15-8)16-5-9(12)13/h1-4,9H,5H2,(H,14,16). The van der Waals surface area contributed by atoms with Crippen molar-refractivity contribution in [2.45, 2.75) is 6.43 Å². The van der Waals surface area contributed by atoms with Gasteiger partial charge in [0, 0.05) is 17.8 Å². The number of rotatable bonds is 3. The van der Waals surface area contributed by atoms with E-state index in [9.17, 15) is 8.78 Å². The highest BCUT2D eigenvalue weighted by molar-refractivity contribution is 6.30. The number of anilines is 1. The van der Waals surface area contributed by atoms with Crippen LogP contribution >= 0.6 is 11.6 Å². The molecule has 1 N–H and O–H groups in total. The molecule has 16 heavy (non-hydrogen) atoms. The third kappa shape index (κ3) is 2.36. The number of hydrogen-bond acceptors (Lipinski definition) is 3. The second-order valence-electron chi connectivity index (χ2n) is 3.16. The van der Waals surface area contributed by atoms with E-state index < -0.39 is 13.0 Å². The summed E-state index contributed by atoms with van der Waals surface area (Å²) in [6, 6.07) is 3.41. The molecule has 0 aromatic carbocycles. The van der Waals surface area contributed by atoms with Crippen LogP contribution in [0.1, 0.15) is 0 Å². The maximum atomic E-state index is 12.1. The van der Waals surface area contributed by atoms with E-state index in [4.69, 9.17) is 11.6 Å². The van der Waals surface area contributed by atoms with Crippen molar-refractivity contribution in [3.63, 3.8) is 0 Å². The molecule has 2 aromatic heterocycles. The van der Waals surface area contributed by atoms with Gasteiger partial charge in [0.2, 0.25) is 0 Å². The minimum absolute atomic E-state index is 0.360. The van der Waals surface area contributed by atoms with Gasteiger partial charge in [0.05, 0.1) is 6.54 Å². The van der Waals surface area contributed by atoms with Gasteiger partial charge in [-0.3, -0.25) is 0 Å². The fourth-order valence-corrected chi connectivity index (χ4v) is 1.52. The summed E-state index contributed by atoms with van der Waals surface area (Å²) in [6.07, 6.45) is 0.627. The zero-order chi connectivity index (χ0) is 11.5. The van der Waals surface area contributed by atoms with Gasteiger partial charge < -0.3 is 5.32 Å². The van der Waals surface area contributed by atoms with Gasteiger partial charge in [-0.2, -0.15) is 0 Å². The topological polar surface area (TPSA) is 37.8 Å². The van der Waals surface area contributed by atoms with Crippen molar-refractivity contribution >= 4 is 28.2 Å². The molecule has 2 aromatic rings. The van der Waals surface area contributed by atoms with E-state index in [2.05, 4.69) is 15.3 Å². The molecule has 0 radical (unpaired) electrons. The lowest BCUT2D eigenvalue weighted by atomic mass is 10.2. The summed E-state index contributed by atoms with van der Waals surface area (Å²) in [5.41, 5.74) is 0. The molecule has 0 fully saturated rings. The van der Waals surface area contributed by atoms with Crippen molar-refractivity contribution in [1.82, 2.24) is 9.97 Å². The third-order valence-electron chi connectivity index (χ3n) is 2.04. The van der Waals surface area contributed by atoms with Crippen LogP contribution in [0.3, 0.4) is 0 Å². The van der Waals surface area contributed by atoms with E-state index in [0.29, 0.717) is 16.4 Å². The number of hydrogen-bond donors (Lipinski definition) is 1. The maximum Gasteiger partial charge on any atom is 0.255 e. The fourth-order valence-electron chi connectivity index (χ4n) is 1.36. The third-order valence-corrected chi connectivity index (χ3v) is 2.25. The Morgan fingerprint density at radius 2 is 2.19 bits per heavy atom. The van der Waals surface area contributed by atoms with Crippen molar-refractivity contribution in [1.29, 1.82) is 0 Å². The number of nitrogens with one attached hydrogen (secondary N) is 1. The first kappa shape index (κ1) is 11.0. The van der Waals surface area contributed by atoms with Crippen molar-refractivity contribution < 1.29 is 8.78 Å².